The fourth-order valence-electron chi connectivity index (χ4n) is 5.26. The van der Waals surface area contributed by atoms with Crippen molar-refractivity contribution in [3.8, 4) is 6.07 Å². The topological polar surface area (TPSA) is 113 Å². The number of rotatable bonds is 7. The van der Waals surface area contributed by atoms with Crippen LogP contribution >= 0.6 is 34.5 Å². The van der Waals surface area contributed by atoms with Gasteiger partial charge in [-0.25, -0.2) is 9.07 Å². The molecule has 0 saturated carbocycles. The normalized spacial score (nSPS) is 15.6. The van der Waals surface area contributed by atoms with Crippen LogP contribution in [-0.4, -0.2) is 39.7 Å². The molecule has 3 aromatic heterocycles. The van der Waals surface area contributed by atoms with Crippen LogP contribution in [0.2, 0.25) is 10.0 Å². The summed E-state index contributed by atoms with van der Waals surface area (Å²) in [6, 6.07) is 10.1. The van der Waals surface area contributed by atoms with E-state index in [2.05, 4.69) is 42.7 Å². The maximum Gasteiger partial charge on any atom is 0.141 e. The maximum absolute atomic E-state index is 13.8. The Morgan fingerprint density at radius 2 is 2.05 bits per heavy atom. The van der Waals surface area contributed by atoms with Gasteiger partial charge < -0.3 is 20.7 Å². The van der Waals surface area contributed by atoms with Crippen molar-refractivity contribution in [1.82, 2.24) is 25.3 Å². The van der Waals surface area contributed by atoms with Gasteiger partial charge in [0.15, 0.2) is 0 Å². The molecule has 0 bridgehead atoms. The molecule has 7 rings (SSSR count). The first-order valence-corrected chi connectivity index (χ1v) is 14.9. The number of nitriles is 1. The van der Waals surface area contributed by atoms with Crippen LogP contribution in [0.5, 0.6) is 0 Å². The van der Waals surface area contributed by atoms with E-state index in [1.54, 1.807) is 17.4 Å². The summed E-state index contributed by atoms with van der Waals surface area (Å²) >= 11 is 14.5. The van der Waals surface area contributed by atoms with Gasteiger partial charge in [0.05, 0.1) is 52.3 Å². The number of hydrogen-bond acceptors (Lipinski definition) is 9. The van der Waals surface area contributed by atoms with Crippen LogP contribution in [0.15, 0.2) is 48.1 Å². The lowest BCUT2D eigenvalue weighted by Gasteiger charge is -2.25. The van der Waals surface area contributed by atoms with Gasteiger partial charge >= 0.3 is 0 Å². The minimum atomic E-state index is -0.531. The van der Waals surface area contributed by atoms with Crippen LogP contribution in [0.3, 0.4) is 0 Å². The van der Waals surface area contributed by atoms with Gasteiger partial charge in [0.25, 0.3) is 0 Å². The fourth-order valence-corrected chi connectivity index (χ4v) is 6.81. The predicted octanol–water partition coefficient (Wildman–Crippen LogP) is 6.37. The highest BCUT2D eigenvalue weighted by atomic mass is 35.5. The number of pyridine rings is 1. The number of hydrogen-bond donors (Lipinski definition) is 3. The zero-order valence-corrected chi connectivity index (χ0v) is 24.3. The van der Waals surface area contributed by atoms with Crippen molar-refractivity contribution in [2.45, 2.75) is 25.0 Å². The average molecular weight is 622 g/mol. The molecular formula is C29H23Cl2FN8OS. The summed E-state index contributed by atoms with van der Waals surface area (Å²) in [6.07, 6.45) is 4.35. The number of nitrogens with zero attached hydrogens (tertiary/aromatic N) is 5. The molecule has 1 atom stereocenters. The van der Waals surface area contributed by atoms with Crippen molar-refractivity contribution in [1.29, 1.82) is 5.26 Å². The highest BCUT2D eigenvalue weighted by molar-refractivity contribution is 7.10. The van der Waals surface area contributed by atoms with Gasteiger partial charge in [0.1, 0.15) is 23.6 Å². The summed E-state index contributed by atoms with van der Waals surface area (Å²) in [6.45, 7) is 2.97. The van der Waals surface area contributed by atoms with E-state index in [0.717, 1.165) is 30.8 Å². The minimum absolute atomic E-state index is 0.0316. The SMILES string of the molecule is N#Cc1cnc2c(Cl)cc(NC(c3cn(C4COC4)nn3)c3csc4c3CCNC4)cc2c1Nc1ccc(F)c(Cl)c1. The van der Waals surface area contributed by atoms with Crippen LogP contribution in [0.1, 0.15) is 39.3 Å². The average Bonchev–Trinajstić information content (AvgIpc) is 3.61. The Labute approximate surface area is 254 Å². The van der Waals surface area contributed by atoms with Gasteiger partial charge in [0.2, 0.25) is 0 Å². The fraction of sp³-hybridized carbons (Fsp3) is 0.241. The van der Waals surface area contributed by atoms with E-state index in [1.165, 1.54) is 28.8 Å². The quantitative estimate of drug-likeness (QED) is 0.192. The van der Waals surface area contributed by atoms with E-state index in [9.17, 15) is 9.65 Å². The highest BCUT2D eigenvalue weighted by Gasteiger charge is 2.28. The number of nitrogens with one attached hydrogen (secondary N) is 3. The Kier molecular flexibility index (Phi) is 7.17. The van der Waals surface area contributed by atoms with Gasteiger partial charge in [0, 0.05) is 34.4 Å². The zero-order valence-electron chi connectivity index (χ0n) is 22.0. The van der Waals surface area contributed by atoms with Crippen molar-refractivity contribution < 1.29 is 9.13 Å². The Morgan fingerprint density at radius 3 is 2.83 bits per heavy atom. The molecule has 1 unspecified atom stereocenters. The van der Waals surface area contributed by atoms with Gasteiger partial charge in [-0.2, -0.15) is 5.26 Å². The maximum atomic E-state index is 13.8. The molecule has 2 aliphatic heterocycles. The third-order valence-electron chi connectivity index (χ3n) is 7.53. The van der Waals surface area contributed by atoms with Gasteiger partial charge in [-0.05, 0) is 59.8 Å². The number of benzene rings is 2. The van der Waals surface area contributed by atoms with Crippen LogP contribution < -0.4 is 16.0 Å². The molecule has 3 N–H and O–H groups in total. The Bertz CT molecular complexity index is 1860. The summed E-state index contributed by atoms with van der Waals surface area (Å²) in [4.78, 5) is 5.77. The number of thiophene rings is 1. The molecule has 0 aliphatic carbocycles. The van der Waals surface area contributed by atoms with E-state index in [-0.39, 0.29) is 17.1 Å². The lowest BCUT2D eigenvalue weighted by atomic mass is 9.97. The highest BCUT2D eigenvalue weighted by Crippen LogP contribution is 2.39. The third kappa shape index (κ3) is 4.95. The molecule has 9 nitrogen and oxygen atoms in total. The molecular weight excluding hydrogens is 598 g/mol. The van der Waals surface area contributed by atoms with E-state index >= 15 is 0 Å². The van der Waals surface area contributed by atoms with Crippen LogP contribution in [-0.2, 0) is 17.7 Å². The zero-order chi connectivity index (χ0) is 28.8. The predicted molar refractivity (Wildman–Crippen MR) is 161 cm³/mol. The summed E-state index contributed by atoms with van der Waals surface area (Å²) < 4.78 is 21.0. The number of aromatic nitrogens is 4. The van der Waals surface area contributed by atoms with Crippen molar-refractivity contribution in [3.63, 3.8) is 0 Å². The Morgan fingerprint density at radius 1 is 1.19 bits per heavy atom. The molecule has 5 aromatic rings. The molecule has 0 amide bonds. The Balaban J connectivity index is 1.32. The molecule has 1 fully saturated rings. The molecule has 1 saturated heterocycles. The van der Waals surface area contributed by atoms with E-state index in [4.69, 9.17) is 27.9 Å². The molecule has 0 radical (unpaired) electrons. The lowest BCUT2D eigenvalue weighted by molar-refractivity contribution is -0.0293. The van der Waals surface area contributed by atoms with E-state index in [1.807, 2.05) is 23.0 Å². The lowest BCUT2D eigenvalue weighted by Crippen LogP contribution is -2.31. The molecule has 212 valence electrons. The van der Waals surface area contributed by atoms with Gasteiger partial charge in [-0.1, -0.05) is 28.4 Å². The Hall–Kier alpha value is -3.79. The second-order valence-electron chi connectivity index (χ2n) is 10.2. The van der Waals surface area contributed by atoms with Gasteiger partial charge in [-0.3, -0.25) is 4.98 Å². The second-order valence-corrected chi connectivity index (χ2v) is 12.0. The summed E-state index contributed by atoms with van der Waals surface area (Å²) in [5, 5.41) is 32.4. The largest absolute Gasteiger partial charge is 0.377 e. The second kappa shape index (κ2) is 11.1. The van der Waals surface area contributed by atoms with Crippen LogP contribution in [0.4, 0.5) is 21.5 Å². The molecule has 2 aromatic carbocycles. The first-order valence-electron chi connectivity index (χ1n) is 13.3. The van der Waals surface area contributed by atoms with Crippen molar-refractivity contribution >= 4 is 62.5 Å². The number of ether oxygens (including phenoxy) is 1. The first kappa shape index (κ1) is 27.1. The van der Waals surface area contributed by atoms with Crippen molar-refractivity contribution in [3.05, 3.63) is 91.2 Å². The third-order valence-corrected chi connectivity index (χ3v) is 9.15. The van der Waals surface area contributed by atoms with Crippen molar-refractivity contribution in [2.24, 2.45) is 0 Å². The molecule has 42 heavy (non-hydrogen) atoms. The summed E-state index contributed by atoms with van der Waals surface area (Å²) in [5.41, 5.74) is 5.78. The number of fused-ring (bicyclic) bond motifs is 2. The molecule has 13 heteroatoms. The van der Waals surface area contributed by atoms with Gasteiger partial charge in [-0.15, -0.1) is 16.4 Å². The monoisotopic (exact) mass is 620 g/mol. The molecule has 0 spiro atoms. The summed E-state index contributed by atoms with van der Waals surface area (Å²) in [5.74, 6) is -0.531. The van der Waals surface area contributed by atoms with Crippen LogP contribution in [0, 0.1) is 17.1 Å². The standard InChI is InChI=1S/C29H23Cl2FN8OS/c30-22-6-16(1-2-24(22)32)36-27-15(8-33)9-35-28-20(27)5-17(7-23(28)31)37-29(21-14-42-26-10-34-4-3-19(21)26)25-11-40(39-38-25)18-12-41-13-18/h1-2,5-7,9,11,14,18,29,34,37H,3-4,10,12-13H2,(H,35,36). The summed E-state index contributed by atoms with van der Waals surface area (Å²) in [7, 11) is 0. The number of halogens is 3. The number of anilines is 3. The minimum Gasteiger partial charge on any atom is -0.377 e. The first-order chi connectivity index (χ1) is 20.5. The smallest absolute Gasteiger partial charge is 0.141 e. The molecule has 5 heterocycles. The van der Waals surface area contributed by atoms with Crippen molar-refractivity contribution in [2.75, 3.05) is 30.4 Å². The van der Waals surface area contributed by atoms with E-state index in [0.29, 0.717) is 51.8 Å². The van der Waals surface area contributed by atoms with E-state index < -0.39 is 5.82 Å². The molecule has 2 aliphatic rings. The van der Waals surface area contributed by atoms with Crippen LogP contribution in [0.25, 0.3) is 10.9 Å².